The number of nitrogens with one attached hydrogen (secondary N) is 1. The van der Waals surface area contributed by atoms with Crippen LogP contribution in [0, 0.1) is 11.3 Å². The topological polar surface area (TPSA) is 58.4 Å². The maximum absolute atomic E-state index is 12.6. The lowest BCUT2D eigenvalue weighted by Crippen LogP contribution is -2.44. The van der Waals surface area contributed by atoms with E-state index in [1.54, 1.807) is 0 Å². The lowest BCUT2D eigenvalue weighted by molar-refractivity contribution is 0.0903. The summed E-state index contributed by atoms with van der Waals surface area (Å²) in [7, 11) is 0. The van der Waals surface area contributed by atoms with Crippen LogP contribution in [-0.4, -0.2) is 41.1 Å². The molecule has 0 bridgehead atoms. The van der Waals surface area contributed by atoms with Crippen molar-refractivity contribution in [1.29, 1.82) is 0 Å². The third kappa shape index (κ3) is 3.60. The van der Waals surface area contributed by atoms with Crippen LogP contribution in [0.5, 0.6) is 0 Å². The molecule has 1 saturated heterocycles. The van der Waals surface area contributed by atoms with Gasteiger partial charge in [0.05, 0.1) is 0 Å². The minimum atomic E-state index is -0.106. The van der Waals surface area contributed by atoms with Crippen LogP contribution in [0.25, 0.3) is 0 Å². The first-order valence-corrected chi connectivity index (χ1v) is 8.77. The van der Waals surface area contributed by atoms with Crippen LogP contribution >= 0.6 is 0 Å². The standard InChI is InChI=1S/C18H29N3O2/c1-11(2)21-9-13(18(3,4)5)15(10-21)19-17(22)14-8-16(23-20-14)12-6-7-12/h8,11-13,15H,6-7,9-10H2,1-5H3,(H,19,22). The zero-order valence-corrected chi connectivity index (χ0v) is 14.9. The van der Waals surface area contributed by atoms with Gasteiger partial charge in [-0.15, -0.1) is 0 Å². The summed E-state index contributed by atoms with van der Waals surface area (Å²) in [4.78, 5) is 15.0. The van der Waals surface area contributed by atoms with Gasteiger partial charge in [-0.1, -0.05) is 25.9 Å². The largest absolute Gasteiger partial charge is 0.360 e. The van der Waals surface area contributed by atoms with Crippen LogP contribution in [0.4, 0.5) is 0 Å². The van der Waals surface area contributed by atoms with E-state index in [0.29, 0.717) is 23.6 Å². The quantitative estimate of drug-likeness (QED) is 0.927. The number of carbonyl (C=O) groups excluding carboxylic acids is 1. The van der Waals surface area contributed by atoms with Crippen molar-refractivity contribution in [2.75, 3.05) is 13.1 Å². The van der Waals surface area contributed by atoms with E-state index >= 15 is 0 Å². The van der Waals surface area contributed by atoms with Crippen molar-refractivity contribution in [2.24, 2.45) is 11.3 Å². The van der Waals surface area contributed by atoms with Crippen LogP contribution in [0.2, 0.25) is 0 Å². The molecular formula is C18H29N3O2. The lowest BCUT2D eigenvalue weighted by atomic mass is 9.78. The van der Waals surface area contributed by atoms with Gasteiger partial charge in [0.15, 0.2) is 5.69 Å². The first-order chi connectivity index (χ1) is 10.8. The average molecular weight is 319 g/mol. The van der Waals surface area contributed by atoms with E-state index in [-0.39, 0.29) is 17.4 Å². The second-order valence-corrected chi connectivity index (χ2v) is 8.49. The molecule has 1 saturated carbocycles. The Labute approximate surface area is 138 Å². The van der Waals surface area contributed by atoms with E-state index in [0.717, 1.165) is 31.7 Å². The average Bonchev–Trinajstić information content (AvgIpc) is 3.01. The lowest BCUT2D eigenvalue weighted by Gasteiger charge is -2.31. The summed E-state index contributed by atoms with van der Waals surface area (Å²) in [5.74, 6) is 1.67. The van der Waals surface area contributed by atoms with Crippen molar-refractivity contribution in [3.05, 3.63) is 17.5 Å². The fourth-order valence-corrected chi connectivity index (χ4v) is 3.48. The molecule has 3 rings (SSSR count). The second kappa shape index (κ2) is 5.93. The van der Waals surface area contributed by atoms with Crippen LogP contribution in [0.3, 0.4) is 0 Å². The van der Waals surface area contributed by atoms with Gasteiger partial charge < -0.3 is 9.84 Å². The Hall–Kier alpha value is -1.36. The van der Waals surface area contributed by atoms with Gasteiger partial charge in [0, 0.05) is 37.2 Å². The van der Waals surface area contributed by atoms with Crippen LogP contribution in [0.1, 0.15) is 69.6 Å². The Kier molecular flexibility index (Phi) is 4.25. The molecule has 23 heavy (non-hydrogen) atoms. The first kappa shape index (κ1) is 16.5. The predicted molar refractivity (Wildman–Crippen MR) is 89.4 cm³/mol. The first-order valence-electron chi connectivity index (χ1n) is 8.77. The zero-order valence-electron chi connectivity index (χ0n) is 14.9. The molecular weight excluding hydrogens is 290 g/mol. The van der Waals surface area contributed by atoms with Crippen molar-refractivity contribution >= 4 is 5.91 Å². The zero-order chi connectivity index (χ0) is 16.8. The number of hydrogen-bond acceptors (Lipinski definition) is 4. The Morgan fingerprint density at radius 1 is 1.35 bits per heavy atom. The fourth-order valence-electron chi connectivity index (χ4n) is 3.48. The molecule has 1 N–H and O–H groups in total. The second-order valence-electron chi connectivity index (χ2n) is 8.49. The van der Waals surface area contributed by atoms with Crippen molar-refractivity contribution in [3.63, 3.8) is 0 Å². The minimum absolute atomic E-state index is 0.106. The van der Waals surface area contributed by atoms with Crippen molar-refractivity contribution in [1.82, 2.24) is 15.4 Å². The summed E-state index contributed by atoms with van der Waals surface area (Å²) in [5, 5.41) is 7.17. The number of carbonyl (C=O) groups is 1. The number of nitrogens with zero attached hydrogens (tertiary/aromatic N) is 2. The van der Waals surface area contributed by atoms with Crippen molar-refractivity contribution < 1.29 is 9.32 Å². The Balaban J connectivity index is 1.69. The molecule has 1 amide bonds. The Bertz CT molecular complexity index is 569. The smallest absolute Gasteiger partial charge is 0.273 e. The SMILES string of the molecule is CC(C)N1CC(NC(=O)c2cc(C3CC3)on2)C(C(C)(C)C)C1. The molecule has 2 heterocycles. The van der Waals surface area contributed by atoms with Gasteiger partial charge in [0.2, 0.25) is 0 Å². The van der Waals surface area contributed by atoms with E-state index in [4.69, 9.17) is 4.52 Å². The van der Waals surface area contributed by atoms with Crippen molar-refractivity contribution in [3.8, 4) is 0 Å². The van der Waals surface area contributed by atoms with E-state index in [1.807, 2.05) is 6.07 Å². The summed E-state index contributed by atoms with van der Waals surface area (Å²) in [6.07, 6.45) is 2.29. The van der Waals surface area contributed by atoms with Gasteiger partial charge in [-0.05, 0) is 38.0 Å². The van der Waals surface area contributed by atoms with E-state index in [2.05, 4.69) is 50.0 Å². The highest BCUT2D eigenvalue weighted by atomic mass is 16.5. The molecule has 2 aliphatic rings. The molecule has 1 aliphatic carbocycles. The highest BCUT2D eigenvalue weighted by molar-refractivity contribution is 5.92. The van der Waals surface area contributed by atoms with Gasteiger partial charge in [-0.25, -0.2) is 0 Å². The van der Waals surface area contributed by atoms with Gasteiger partial charge in [-0.2, -0.15) is 0 Å². The highest BCUT2D eigenvalue weighted by Gasteiger charge is 2.41. The number of rotatable bonds is 4. The van der Waals surface area contributed by atoms with Gasteiger partial charge >= 0.3 is 0 Å². The Morgan fingerprint density at radius 2 is 2.04 bits per heavy atom. The molecule has 0 aromatic carbocycles. The molecule has 1 aromatic rings. The predicted octanol–water partition coefficient (Wildman–Crippen LogP) is 3.04. The number of hydrogen-bond donors (Lipinski definition) is 1. The van der Waals surface area contributed by atoms with Gasteiger partial charge in [0.1, 0.15) is 5.76 Å². The number of likely N-dealkylation sites (tertiary alicyclic amines) is 1. The molecule has 128 valence electrons. The Morgan fingerprint density at radius 3 is 2.61 bits per heavy atom. The molecule has 1 aromatic heterocycles. The van der Waals surface area contributed by atoms with Gasteiger partial charge in [0.25, 0.3) is 5.91 Å². The summed E-state index contributed by atoms with van der Waals surface area (Å²) >= 11 is 0. The third-order valence-corrected chi connectivity index (χ3v) is 5.25. The summed E-state index contributed by atoms with van der Waals surface area (Å²) < 4.78 is 5.31. The maximum Gasteiger partial charge on any atom is 0.273 e. The number of aromatic nitrogens is 1. The molecule has 5 heteroatoms. The van der Waals surface area contributed by atoms with Crippen LogP contribution in [-0.2, 0) is 0 Å². The van der Waals surface area contributed by atoms with Crippen molar-refractivity contribution in [2.45, 2.75) is 65.5 Å². The summed E-state index contributed by atoms with van der Waals surface area (Å²) in [6, 6.07) is 2.47. The molecule has 2 atom stereocenters. The molecule has 5 nitrogen and oxygen atoms in total. The van der Waals surface area contributed by atoms with Gasteiger partial charge in [-0.3, -0.25) is 9.69 Å². The monoisotopic (exact) mass is 319 g/mol. The maximum atomic E-state index is 12.6. The van der Waals surface area contributed by atoms with E-state index < -0.39 is 0 Å². The summed E-state index contributed by atoms with van der Waals surface area (Å²) in [5.41, 5.74) is 0.576. The van der Waals surface area contributed by atoms with Crippen LogP contribution in [0.15, 0.2) is 10.6 Å². The number of amides is 1. The van der Waals surface area contributed by atoms with E-state index in [1.165, 1.54) is 0 Å². The van der Waals surface area contributed by atoms with E-state index in [9.17, 15) is 4.79 Å². The molecule has 0 spiro atoms. The van der Waals surface area contributed by atoms with Crippen LogP contribution < -0.4 is 5.32 Å². The fraction of sp³-hybridized carbons (Fsp3) is 0.778. The minimum Gasteiger partial charge on any atom is -0.360 e. The molecule has 2 unspecified atom stereocenters. The molecule has 0 radical (unpaired) electrons. The molecule has 1 aliphatic heterocycles. The normalized spacial score (nSPS) is 26.0. The third-order valence-electron chi connectivity index (χ3n) is 5.25. The molecule has 2 fully saturated rings. The highest BCUT2D eigenvalue weighted by Crippen LogP contribution is 2.40. The summed E-state index contributed by atoms with van der Waals surface area (Å²) in [6.45, 7) is 13.1.